The number of aromatic nitrogens is 3. The molecule has 2 aromatic rings. The van der Waals surface area contributed by atoms with Gasteiger partial charge in [-0.2, -0.15) is 0 Å². The molecular weight excluding hydrogens is 382 g/mol. The van der Waals surface area contributed by atoms with Crippen molar-refractivity contribution in [3.63, 3.8) is 0 Å². The van der Waals surface area contributed by atoms with Gasteiger partial charge in [0.2, 0.25) is 5.91 Å². The van der Waals surface area contributed by atoms with Gasteiger partial charge in [0.15, 0.2) is 5.16 Å². The van der Waals surface area contributed by atoms with Gasteiger partial charge in [0.1, 0.15) is 10.8 Å². The number of nitrogens with two attached hydrogens (primary N) is 1. The average Bonchev–Trinajstić information content (AvgIpc) is 3.28. The highest BCUT2D eigenvalue weighted by atomic mass is 32.2. The number of rotatable bonds is 6. The molecule has 1 saturated carbocycles. The Morgan fingerprint density at radius 3 is 2.81 bits per heavy atom. The molecule has 0 spiro atoms. The number of fused-ring (bicyclic) bond motifs is 1. The van der Waals surface area contributed by atoms with Gasteiger partial charge in [-0.3, -0.25) is 9.59 Å². The number of hydrogen-bond acceptors (Lipinski definition) is 6. The van der Waals surface area contributed by atoms with E-state index in [4.69, 9.17) is 5.73 Å². The molecule has 0 saturated heterocycles. The first-order valence-corrected chi connectivity index (χ1v) is 11.0. The lowest BCUT2D eigenvalue weighted by atomic mass is 9.88. The highest BCUT2D eigenvalue weighted by molar-refractivity contribution is 7.99. The Balaban J connectivity index is 1.46. The fraction of sp³-hybridized carbons (Fsp3) is 0.556. The van der Waals surface area contributed by atoms with Gasteiger partial charge in [0, 0.05) is 10.9 Å². The van der Waals surface area contributed by atoms with Crippen LogP contribution < -0.4 is 11.1 Å². The first kappa shape index (κ1) is 18.5. The molecule has 2 amide bonds. The number of thioether (sulfide) groups is 1. The normalized spacial score (nSPS) is 19.0. The van der Waals surface area contributed by atoms with E-state index in [9.17, 15) is 9.59 Å². The molecule has 144 valence electrons. The van der Waals surface area contributed by atoms with Crippen LogP contribution in [0.3, 0.4) is 0 Å². The minimum Gasteiger partial charge on any atom is -0.365 e. The van der Waals surface area contributed by atoms with Crippen molar-refractivity contribution in [2.75, 3.05) is 11.1 Å². The molecule has 9 heteroatoms. The van der Waals surface area contributed by atoms with Crippen LogP contribution in [0.25, 0.3) is 0 Å². The molecule has 0 unspecified atom stereocenters. The van der Waals surface area contributed by atoms with Crippen LogP contribution in [0.5, 0.6) is 0 Å². The Kier molecular flexibility index (Phi) is 4.98. The number of primary amides is 1. The zero-order valence-corrected chi connectivity index (χ0v) is 17.1. The summed E-state index contributed by atoms with van der Waals surface area (Å²) in [7, 11) is 0. The second-order valence-electron chi connectivity index (χ2n) is 7.39. The van der Waals surface area contributed by atoms with Crippen molar-refractivity contribution in [2.45, 2.75) is 57.1 Å². The first-order valence-electron chi connectivity index (χ1n) is 9.22. The van der Waals surface area contributed by atoms with Crippen LogP contribution in [0, 0.1) is 12.8 Å². The second kappa shape index (κ2) is 7.27. The number of thiophene rings is 1. The van der Waals surface area contributed by atoms with Gasteiger partial charge in [-0.15, -0.1) is 21.5 Å². The van der Waals surface area contributed by atoms with E-state index in [1.807, 2.05) is 6.92 Å². The maximum Gasteiger partial charge on any atom is 0.251 e. The fourth-order valence-electron chi connectivity index (χ4n) is 3.59. The van der Waals surface area contributed by atoms with Crippen LogP contribution in [0.2, 0.25) is 0 Å². The number of hydrogen-bond donors (Lipinski definition) is 2. The van der Waals surface area contributed by atoms with E-state index in [-0.39, 0.29) is 11.7 Å². The quantitative estimate of drug-likeness (QED) is 0.719. The number of nitrogens with zero attached hydrogens (tertiary/aromatic N) is 3. The number of nitrogens with one attached hydrogen (secondary N) is 1. The molecule has 1 fully saturated rings. The monoisotopic (exact) mass is 405 g/mol. The highest BCUT2D eigenvalue weighted by Gasteiger charge is 2.29. The third-order valence-corrected chi connectivity index (χ3v) is 7.20. The minimum absolute atomic E-state index is 0.155. The van der Waals surface area contributed by atoms with Crippen molar-refractivity contribution in [3.05, 3.63) is 21.8 Å². The summed E-state index contributed by atoms with van der Waals surface area (Å²) >= 11 is 2.87. The molecule has 1 atom stereocenters. The number of amides is 2. The summed E-state index contributed by atoms with van der Waals surface area (Å²) < 4.78 is 2.11. The topological polar surface area (TPSA) is 103 Å². The van der Waals surface area contributed by atoms with Gasteiger partial charge >= 0.3 is 0 Å². The lowest BCUT2D eigenvalue weighted by Crippen LogP contribution is -2.20. The molecule has 7 nitrogen and oxygen atoms in total. The Labute approximate surface area is 166 Å². The Hall–Kier alpha value is -1.87. The van der Waals surface area contributed by atoms with Crippen molar-refractivity contribution in [1.82, 2.24) is 14.8 Å². The predicted octanol–water partition coefficient (Wildman–Crippen LogP) is 2.94. The summed E-state index contributed by atoms with van der Waals surface area (Å²) in [6.45, 7) is 4.14. The summed E-state index contributed by atoms with van der Waals surface area (Å²) in [5.41, 5.74) is 7.13. The number of carbonyl (C=O) groups is 2. The smallest absolute Gasteiger partial charge is 0.251 e. The number of aryl methyl sites for hydroxylation is 1. The van der Waals surface area contributed by atoms with E-state index >= 15 is 0 Å². The van der Waals surface area contributed by atoms with Crippen LogP contribution in [0.4, 0.5) is 5.00 Å². The van der Waals surface area contributed by atoms with Gasteiger partial charge in [-0.1, -0.05) is 18.7 Å². The van der Waals surface area contributed by atoms with E-state index in [1.165, 1.54) is 28.0 Å². The Bertz CT molecular complexity index is 900. The SMILES string of the molecule is Cc1nnc(SCC(=O)Nc2sc3c(c2C(N)=O)CC[C@@H](C)C3)n1C1CC1. The molecule has 3 N–H and O–H groups in total. The minimum atomic E-state index is -0.464. The summed E-state index contributed by atoms with van der Waals surface area (Å²) in [5.74, 6) is 1.08. The summed E-state index contributed by atoms with van der Waals surface area (Å²) in [6, 6.07) is 0.470. The van der Waals surface area contributed by atoms with Crippen molar-refractivity contribution in [3.8, 4) is 0 Å². The third-order valence-electron chi connectivity index (χ3n) is 5.09. The number of anilines is 1. The van der Waals surface area contributed by atoms with Gasteiger partial charge < -0.3 is 15.6 Å². The molecule has 0 radical (unpaired) electrons. The standard InChI is InChI=1S/C18H23N5O2S2/c1-9-3-6-12-13(7-9)27-17(15(12)16(19)25)20-14(24)8-26-18-22-21-10(2)23(18)11-4-5-11/h9,11H,3-8H2,1-2H3,(H2,19,25)(H,20,24)/t9-/m1/s1. The molecule has 2 aliphatic rings. The highest BCUT2D eigenvalue weighted by Crippen LogP contribution is 2.40. The summed E-state index contributed by atoms with van der Waals surface area (Å²) in [4.78, 5) is 25.7. The summed E-state index contributed by atoms with van der Waals surface area (Å²) in [5, 5.41) is 12.6. The molecule has 2 heterocycles. The van der Waals surface area contributed by atoms with Gasteiger partial charge in [0.25, 0.3) is 5.91 Å². The van der Waals surface area contributed by atoms with Crippen molar-refractivity contribution in [2.24, 2.45) is 11.7 Å². The lowest BCUT2D eigenvalue weighted by Gasteiger charge is -2.18. The largest absolute Gasteiger partial charge is 0.365 e. The van der Waals surface area contributed by atoms with Gasteiger partial charge in [0.05, 0.1) is 11.3 Å². The molecule has 0 aromatic carbocycles. The van der Waals surface area contributed by atoms with Crippen LogP contribution in [-0.2, 0) is 17.6 Å². The van der Waals surface area contributed by atoms with Crippen molar-refractivity contribution in [1.29, 1.82) is 0 Å². The Morgan fingerprint density at radius 2 is 2.11 bits per heavy atom. The van der Waals surface area contributed by atoms with Crippen LogP contribution in [-0.4, -0.2) is 32.3 Å². The van der Waals surface area contributed by atoms with Gasteiger partial charge in [-0.05, 0) is 50.5 Å². The maximum absolute atomic E-state index is 12.5. The molecule has 4 rings (SSSR count). The van der Waals surface area contributed by atoms with E-state index in [0.29, 0.717) is 22.5 Å². The molecule has 2 aromatic heterocycles. The van der Waals surface area contributed by atoms with Crippen molar-refractivity contribution < 1.29 is 9.59 Å². The third kappa shape index (κ3) is 3.75. The number of carbonyl (C=O) groups excluding carboxylic acids is 2. The first-order chi connectivity index (χ1) is 12.9. The lowest BCUT2D eigenvalue weighted by molar-refractivity contribution is -0.113. The molecule has 0 aliphatic heterocycles. The zero-order valence-electron chi connectivity index (χ0n) is 15.4. The summed E-state index contributed by atoms with van der Waals surface area (Å²) in [6.07, 6.45) is 5.11. The Morgan fingerprint density at radius 1 is 1.33 bits per heavy atom. The fourth-order valence-corrected chi connectivity index (χ4v) is 5.88. The van der Waals surface area contributed by atoms with Crippen LogP contribution >= 0.6 is 23.1 Å². The molecular formula is C18H23N5O2S2. The van der Waals surface area contributed by atoms with E-state index in [0.717, 1.165) is 48.6 Å². The van der Waals surface area contributed by atoms with E-state index in [1.54, 1.807) is 0 Å². The molecule has 0 bridgehead atoms. The second-order valence-corrected chi connectivity index (χ2v) is 9.44. The van der Waals surface area contributed by atoms with E-state index in [2.05, 4.69) is 27.0 Å². The predicted molar refractivity (Wildman–Crippen MR) is 106 cm³/mol. The average molecular weight is 406 g/mol. The maximum atomic E-state index is 12.5. The van der Waals surface area contributed by atoms with Crippen LogP contribution in [0.15, 0.2) is 5.16 Å². The zero-order chi connectivity index (χ0) is 19.1. The van der Waals surface area contributed by atoms with Gasteiger partial charge in [-0.25, -0.2) is 0 Å². The molecule has 27 heavy (non-hydrogen) atoms. The van der Waals surface area contributed by atoms with E-state index < -0.39 is 5.91 Å². The van der Waals surface area contributed by atoms with Crippen LogP contribution in [0.1, 0.15) is 58.9 Å². The van der Waals surface area contributed by atoms with Crippen molar-refractivity contribution >= 4 is 39.9 Å². The molecule has 2 aliphatic carbocycles.